The molecular formula is C27H33N3. The van der Waals surface area contributed by atoms with Gasteiger partial charge < -0.3 is 4.90 Å². The molecule has 0 fully saturated rings. The Bertz CT molecular complexity index is 1190. The molecule has 0 spiro atoms. The van der Waals surface area contributed by atoms with E-state index in [0.717, 1.165) is 37.3 Å². The summed E-state index contributed by atoms with van der Waals surface area (Å²) in [5, 5.41) is 2.56. The average molecular weight is 400 g/mol. The van der Waals surface area contributed by atoms with Gasteiger partial charge in [-0.05, 0) is 63.8 Å². The predicted molar refractivity (Wildman–Crippen MR) is 130 cm³/mol. The summed E-state index contributed by atoms with van der Waals surface area (Å²) in [4.78, 5) is 7.64. The molecule has 30 heavy (non-hydrogen) atoms. The molecule has 4 rings (SSSR count). The second-order valence-corrected chi connectivity index (χ2v) is 8.57. The van der Waals surface area contributed by atoms with E-state index in [4.69, 9.17) is 4.98 Å². The van der Waals surface area contributed by atoms with E-state index >= 15 is 0 Å². The van der Waals surface area contributed by atoms with Crippen LogP contribution in [0.25, 0.3) is 27.6 Å². The van der Waals surface area contributed by atoms with Crippen molar-refractivity contribution < 1.29 is 0 Å². The van der Waals surface area contributed by atoms with Crippen molar-refractivity contribution in [1.82, 2.24) is 9.55 Å². The summed E-state index contributed by atoms with van der Waals surface area (Å²) in [7, 11) is 0. The third kappa shape index (κ3) is 3.36. The van der Waals surface area contributed by atoms with Gasteiger partial charge in [-0.25, -0.2) is 4.98 Å². The van der Waals surface area contributed by atoms with E-state index in [-0.39, 0.29) is 0 Å². The average Bonchev–Trinajstić information content (AvgIpc) is 3.01. The van der Waals surface area contributed by atoms with Gasteiger partial charge in [-0.15, -0.1) is 0 Å². The molecule has 3 nitrogen and oxygen atoms in total. The van der Waals surface area contributed by atoms with Crippen molar-refractivity contribution in [1.29, 1.82) is 0 Å². The summed E-state index contributed by atoms with van der Waals surface area (Å²) in [5.74, 6) is 0. The van der Waals surface area contributed by atoms with Crippen LogP contribution < -0.4 is 4.90 Å². The number of nitrogens with zero attached hydrogens (tertiary/aromatic N) is 3. The normalized spacial score (nSPS) is 11.5. The fourth-order valence-electron chi connectivity index (χ4n) is 4.95. The van der Waals surface area contributed by atoms with Crippen LogP contribution in [0.5, 0.6) is 0 Å². The van der Waals surface area contributed by atoms with Crippen LogP contribution in [-0.4, -0.2) is 22.6 Å². The highest BCUT2D eigenvalue weighted by Gasteiger charge is 2.21. The van der Waals surface area contributed by atoms with Crippen molar-refractivity contribution in [3.63, 3.8) is 0 Å². The lowest BCUT2D eigenvalue weighted by atomic mass is 10.0. The van der Waals surface area contributed by atoms with Gasteiger partial charge >= 0.3 is 0 Å². The minimum Gasteiger partial charge on any atom is -0.371 e. The maximum atomic E-state index is 5.09. The van der Waals surface area contributed by atoms with Crippen molar-refractivity contribution in [3.8, 4) is 5.69 Å². The zero-order valence-electron chi connectivity index (χ0n) is 19.2. The van der Waals surface area contributed by atoms with E-state index in [1.165, 1.54) is 44.4 Å². The van der Waals surface area contributed by atoms with Crippen LogP contribution in [0.1, 0.15) is 49.1 Å². The maximum Gasteiger partial charge on any atom is 0.147 e. The lowest BCUT2D eigenvalue weighted by Gasteiger charge is -2.25. The number of aromatic nitrogens is 2. The molecule has 0 saturated carbocycles. The second kappa shape index (κ2) is 8.14. The summed E-state index contributed by atoms with van der Waals surface area (Å²) >= 11 is 0. The molecule has 0 N–H and O–H groups in total. The fraction of sp³-hybridized carbons (Fsp3) is 0.370. The first-order chi connectivity index (χ1) is 14.5. The molecule has 0 amide bonds. The van der Waals surface area contributed by atoms with Crippen LogP contribution in [-0.2, 0) is 0 Å². The van der Waals surface area contributed by atoms with Gasteiger partial charge in [0.1, 0.15) is 5.65 Å². The molecule has 2 heterocycles. The van der Waals surface area contributed by atoms with Crippen molar-refractivity contribution in [2.75, 3.05) is 18.0 Å². The van der Waals surface area contributed by atoms with Crippen LogP contribution in [0.4, 0.5) is 5.69 Å². The summed E-state index contributed by atoms with van der Waals surface area (Å²) in [6, 6.07) is 15.6. The SMILES string of the molecule is CCCN(CCC)c1cc(C)nc2c1c1ccccc1n2-c1c(C)cc(C)cc1C. The molecule has 2 aromatic heterocycles. The summed E-state index contributed by atoms with van der Waals surface area (Å²) in [5.41, 5.74) is 9.83. The highest BCUT2D eigenvalue weighted by atomic mass is 15.1. The second-order valence-electron chi connectivity index (χ2n) is 8.57. The van der Waals surface area contributed by atoms with Gasteiger partial charge in [0.05, 0.1) is 22.3 Å². The van der Waals surface area contributed by atoms with E-state index in [2.05, 4.69) is 93.5 Å². The minimum absolute atomic E-state index is 1.06. The molecule has 0 radical (unpaired) electrons. The molecule has 0 saturated heterocycles. The molecular weight excluding hydrogens is 366 g/mol. The molecule has 0 bridgehead atoms. The fourth-order valence-corrected chi connectivity index (χ4v) is 4.95. The topological polar surface area (TPSA) is 21.1 Å². The van der Waals surface area contributed by atoms with Crippen LogP contribution >= 0.6 is 0 Å². The van der Waals surface area contributed by atoms with Crippen molar-refractivity contribution in [2.45, 2.75) is 54.4 Å². The molecule has 4 aromatic rings. The van der Waals surface area contributed by atoms with Crippen LogP contribution in [0, 0.1) is 27.7 Å². The molecule has 0 aliphatic rings. The number of para-hydroxylation sites is 1. The number of pyridine rings is 1. The number of hydrogen-bond donors (Lipinski definition) is 0. The first-order valence-corrected chi connectivity index (χ1v) is 11.2. The number of benzene rings is 2. The number of aryl methyl sites for hydroxylation is 4. The van der Waals surface area contributed by atoms with Crippen LogP contribution in [0.3, 0.4) is 0 Å². The Labute approximate surface area is 180 Å². The van der Waals surface area contributed by atoms with Crippen LogP contribution in [0.15, 0.2) is 42.5 Å². The van der Waals surface area contributed by atoms with Gasteiger partial charge in [0.15, 0.2) is 0 Å². The molecule has 2 aromatic carbocycles. The minimum atomic E-state index is 1.06. The lowest BCUT2D eigenvalue weighted by molar-refractivity contribution is 0.746. The zero-order chi connectivity index (χ0) is 21.4. The van der Waals surface area contributed by atoms with Crippen molar-refractivity contribution >= 4 is 27.6 Å². The van der Waals surface area contributed by atoms with Crippen molar-refractivity contribution in [2.24, 2.45) is 0 Å². The lowest BCUT2D eigenvalue weighted by Crippen LogP contribution is -2.25. The number of hydrogen-bond acceptors (Lipinski definition) is 2. The third-order valence-corrected chi connectivity index (χ3v) is 5.92. The van der Waals surface area contributed by atoms with Crippen LogP contribution in [0.2, 0.25) is 0 Å². The Morgan fingerprint density at radius 3 is 2.13 bits per heavy atom. The van der Waals surface area contributed by atoms with E-state index < -0.39 is 0 Å². The van der Waals surface area contributed by atoms with E-state index in [0.29, 0.717) is 0 Å². The Morgan fingerprint density at radius 1 is 0.867 bits per heavy atom. The number of fused-ring (bicyclic) bond motifs is 3. The van der Waals surface area contributed by atoms with Gasteiger partial charge in [-0.1, -0.05) is 49.7 Å². The maximum absolute atomic E-state index is 5.09. The summed E-state index contributed by atoms with van der Waals surface area (Å²) < 4.78 is 2.39. The van der Waals surface area contributed by atoms with Gasteiger partial charge in [0, 0.05) is 24.2 Å². The molecule has 0 aliphatic carbocycles. The first kappa shape index (κ1) is 20.5. The molecule has 0 unspecified atom stereocenters. The van der Waals surface area contributed by atoms with Gasteiger partial charge in [0.2, 0.25) is 0 Å². The molecule has 156 valence electrons. The largest absolute Gasteiger partial charge is 0.371 e. The van der Waals surface area contributed by atoms with Gasteiger partial charge in [0.25, 0.3) is 0 Å². The Morgan fingerprint density at radius 2 is 1.50 bits per heavy atom. The standard InChI is InChI=1S/C27H33N3/c1-7-13-29(14-8-2)24-17-21(6)28-27-25(24)22-11-9-10-12-23(22)30(27)26-19(4)15-18(3)16-20(26)5/h9-12,15-17H,7-8,13-14H2,1-6H3. The Kier molecular flexibility index (Phi) is 5.55. The smallest absolute Gasteiger partial charge is 0.147 e. The van der Waals surface area contributed by atoms with Gasteiger partial charge in [-0.2, -0.15) is 0 Å². The van der Waals surface area contributed by atoms with Crippen molar-refractivity contribution in [3.05, 3.63) is 64.8 Å². The predicted octanol–water partition coefficient (Wildman–Crippen LogP) is 7.04. The monoisotopic (exact) mass is 399 g/mol. The molecule has 0 aliphatic heterocycles. The number of rotatable bonds is 6. The van der Waals surface area contributed by atoms with E-state index in [1.807, 2.05) is 0 Å². The third-order valence-electron chi connectivity index (χ3n) is 5.92. The Balaban J connectivity index is 2.15. The highest BCUT2D eigenvalue weighted by Crippen LogP contribution is 2.39. The molecule has 0 atom stereocenters. The number of anilines is 1. The first-order valence-electron chi connectivity index (χ1n) is 11.2. The zero-order valence-corrected chi connectivity index (χ0v) is 19.2. The van der Waals surface area contributed by atoms with E-state index in [9.17, 15) is 0 Å². The molecule has 3 heteroatoms. The highest BCUT2D eigenvalue weighted by molar-refractivity contribution is 6.14. The summed E-state index contributed by atoms with van der Waals surface area (Å²) in [6.07, 6.45) is 2.27. The Hall–Kier alpha value is -2.81. The quantitative estimate of drug-likeness (QED) is 0.347. The summed E-state index contributed by atoms with van der Waals surface area (Å²) in [6.45, 7) is 15.4. The van der Waals surface area contributed by atoms with Gasteiger partial charge in [-0.3, -0.25) is 4.57 Å². The van der Waals surface area contributed by atoms with E-state index in [1.54, 1.807) is 0 Å².